The molecule has 1 N–H and O–H groups in total. The van der Waals surface area contributed by atoms with Crippen molar-refractivity contribution in [3.05, 3.63) is 47.7 Å². The predicted molar refractivity (Wildman–Crippen MR) is 50.9 cm³/mol. The molecule has 0 fully saturated rings. The second-order valence-corrected chi connectivity index (χ2v) is 2.66. The first-order valence-corrected chi connectivity index (χ1v) is 3.77. The van der Waals surface area contributed by atoms with Crippen molar-refractivity contribution < 1.29 is 0 Å². The average Bonchev–Trinajstić information content (AvgIpc) is 2.17. The van der Waals surface area contributed by atoms with Gasteiger partial charge in [-0.15, -0.1) is 0 Å². The Bertz CT molecular complexity index is 398. The summed E-state index contributed by atoms with van der Waals surface area (Å²) in [5.74, 6) is 0. The van der Waals surface area contributed by atoms with Gasteiger partial charge in [-0.1, -0.05) is 30.3 Å². The Morgan fingerprint density at radius 2 is 1.67 bits per heavy atom. The molecule has 2 aromatic carbocycles. The minimum absolute atomic E-state index is 0.605. The topological polar surface area (TPSA) is 35.1 Å². The fourth-order valence-corrected chi connectivity index (χ4v) is 1.25. The number of rotatable bonds is 1. The van der Waals surface area contributed by atoms with Gasteiger partial charge in [0.25, 0.3) is 0 Å². The summed E-state index contributed by atoms with van der Waals surface area (Å²) < 4.78 is 0. The number of anilines is 1. The number of fused-ring (bicyclic) bond motifs is 1. The highest BCUT2D eigenvalue weighted by Gasteiger charge is 1.90. The van der Waals surface area contributed by atoms with E-state index in [1.807, 2.05) is 41.9 Å². The van der Waals surface area contributed by atoms with Gasteiger partial charge in [-0.3, -0.25) is 0 Å². The van der Waals surface area contributed by atoms with Crippen molar-refractivity contribution in [2.45, 2.75) is 0 Å². The van der Waals surface area contributed by atoms with Gasteiger partial charge in [0.1, 0.15) is 0 Å². The van der Waals surface area contributed by atoms with Crippen LogP contribution in [-0.4, -0.2) is 0 Å². The highest BCUT2D eigenvalue weighted by molar-refractivity contribution is 5.85. The molecule has 0 saturated carbocycles. The number of nitrogens with one attached hydrogen (secondary N) is 1. The lowest BCUT2D eigenvalue weighted by atomic mass is 10.1. The summed E-state index contributed by atoms with van der Waals surface area (Å²) in [7, 11) is 0. The molecule has 2 aromatic rings. The molecular formula is C10H8NO-. The zero-order valence-corrected chi connectivity index (χ0v) is 6.45. The van der Waals surface area contributed by atoms with Crippen LogP contribution in [0.15, 0.2) is 42.5 Å². The smallest absolute Gasteiger partial charge is 0.0239 e. The minimum Gasteiger partial charge on any atom is -0.761 e. The van der Waals surface area contributed by atoms with Crippen molar-refractivity contribution in [2.75, 3.05) is 5.48 Å². The van der Waals surface area contributed by atoms with E-state index in [4.69, 9.17) is 0 Å². The standard InChI is InChI=1S/C10H8NO/c12-11-10-6-5-8-3-1-2-4-9(8)7-10/h1-7,11H/q-1. The lowest BCUT2D eigenvalue weighted by molar-refractivity contribution is 1.64. The van der Waals surface area contributed by atoms with Crippen molar-refractivity contribution in [1.82, 2.24) is 0 Å². The van der Waals surface area contributed by atoms with Crippen LogP contribution in [0.4, 0.5) is 5.69 Å². The largest absolute Gasteiger partial charge is 0.761 e. The molecule has 0 radical (unpaired) electrons. The Kier molecular flexibility index (Phi) is 1.68. The Balaban J connectivity index is 2.67. The first-order valence-electron chi connectivity index (χ1n) is 3.77. The third-order valence-electron chi connectivity index (χ3n) is 1.87. The molecule has 0 spiro atoms. The third-order valence-corrected chi connectivity index (χ3v) is 1.87. The summed E-state index contributed by atoms with van der Waals surface area (Å²) in [6.07, 6.45) is 0. The SMILES string of the molecule is [O-]Nc1ccc2ccccc2c1. The molecular weight excluding hydrogens is 150 g/mol. The van der Waals surface area contributed by atoms with Crippen LogP contribution >= 0.6 is 0 Å². The van der Waals surface area contributed by atoms with E-state index in [1.54, 1.807) is 6.07 Å². The molecule has 12 heavy (non-hydrogen) atoms. The average molecular weight is 158 g/mol. The van der Waals surface area contributed by atoms with Gasteiger partial charge in [-0.25, -0.2) is 0 Å². The van der Waals surface area contributed by atoms with E-state index in [2.05, 4.69) is 0 Å². The van der Waals surface area contributed by atoms with Gasteiger partial charge in [-0.05, 0) is 22.9 Å². The Labute approximate surface area is 70.4 Å². The number of hydrogen-bond donors (Lipinski definition) is 1. The molecule has 2 rings (SSSR count). The quantitative estimate of drug-likeness (QED) is 0.647. The van der Waals surface area contributed by atoms with Crippen molar-refractivity contribution in [1.29, 1.82) is 0 Å². The van der Waals surface area contributed by atoms with Crippen LogP contribution in [0.1, 0.15) is 0 Å². The molecule has 0 unspecified atom stereocenters. The zero-order valence-electron chi connectivity index (χ0n) is 6.45. The van der Waals surface area contributed by atoms with Crippen LogP contribution in [0.3, 0.4) is 0 Å². The molecule has 2 heteroatoms. The first kappa shape index (κ1) is 7.13. The highest BCUT2D eigenvalue weighted by Crippen LogP contribution is 2.18. The van der Waals surface area contributed by atoms with Crippen LogP contribution in [0.2, 0.25) is 0 Å². The van der Waals surface area contributed by atoms with E-state index in [0.29, 0.717) is 5.69 Å². The summed E-state index contributed by atoms with van der Waals surface area (Å²) in [4.78, 5) is 0. The molecule has 60 valence electrons. The van der Waals surface area contributed by atoms with E-state index < -0.39 is 0 Å². The third kappa shape index (κ3) is 1.12. The Hall–Kier alpha value is -1.54. The fraction of sp³-hybridized carbons (Fsp3) is 0. The molecule has 0 saturated heterocycles. The molecule has 2 nitrogen and oxygen atoms in total. The van der Waals surface area contributed by atoms with E-state index in [0.717, 1.165) is 10.8 Å². The summed E-state index contributed by atoms with van der Waals surface area (Å²) in [5.41, 5.74) is 2.47. The normalized spacial score (nSPS) is 10.1. The van der Waals surface area contributed by atoms with Crippen molar-refractivity contribution in [3.63, 3.8) is 0 Å². The Morgan fingerprint density at radius 3 is 2.42 bits per heavy atom. The molecule has 0 aliphatic heterocycles. The maximum atomic E-state index is 10.3. The van der Waals surface area contributed by atoms with E-state index in [9.17, 15) is 5.21 Å². The lowest BCUT2D eigenvalue weighted by Gasteiger charge is -2.09. The van der Waals surface area contributed by atoms with Crippen LogP contribution in [0.5, 0.6) is 0 Å². The predicted octanol–water partition coefficient (Wildman–Crippen LogP) is 2.75. The first-order chi connectivity index (χ1) is 5.90. The molecule has 0 aliphatic carbocycles. The van der Waals surface area contributed by atoms with Crippen LogP contribution in [0, 0.1) is 5.21 Å². The summed E-state index contributed by atoms with van der Waals surface area (Å²) >= 11 is 0. The van der Waals surface area contributed by atoms with Crippen LogP contribution < -0.4 is 5.48 Å². The second-order valence-electron chi connectivity index (χ2n) is 2.66. The minimum atomic E-state index is 0.605. The fourth-order valence-electron chi connectivity index (χ4n) is 1.25. The second kappa shape index (κ2) is 2.83. The van der Waals surface area contributed by atoms with Gasteiger partial charge in [0.2, 0.25) is 0 Å². The van der Waals surface area contributed by atoms with Crippen molar-refractivity contribution in [3.8, 4) is 0 Å². The van der Waals surface area contributed by atoms with E-state index in [1.165, 1.54) is 0 Å². The van der Waals surface area contributed by atoms with Crippen molar-refractivity contribution in [2.24, 2.45) is 0 Å². The van der Waals surface area contributed by atoms with Gasteiger partial charge < -0.3 is 10.7 Å². The van der Waals surface area contributed by atoms with Crippen LogP contribution in [-0.2, 0) is 0 Å². The van der Waals surface area contributed by atoms with Gasteiger partial charge in [0.05, 0.1) is 0 Å². The maximum Gasteiger partial charge on any atom is 0.0239 e. The van der Waals surface area contributed by atoms with Gasteiger partial charge in [-0.2, -0.15) is 0 Å². The molecule has 0 atom stereocenters. The zero-order chi connectivity index (χ0) is 8.39. The summed E-state index contributed by atoms with van der Waals surface area (Å²) in [6.45, 7) is 0. The highest BCUT2D eigenvalue weighted by atomic mass is 16.5. The van der Waals surface area contributed by atoms with E-state index >= 15 is 0 Å². The molecule has 0 bridgehead atoms. The molecule has 0 aromatic heterocycles. The molecule has 0 heterocycles. The van der Waals surface area contributed by atoms with Gasteiger partial charge in [0.15, 0.2) is 0 Å². The molecule has 0 amide bonds. The lowest BCUT2D eigenvalue weighted by Crippen LogP contribution is -1.83. The number of hydrogen-bond acceptors (Lipinski definition) is 2. The van der Waals surface area contributed by atoms with Gasteiger partial charge >= 0.3 is 0 Å². The molecule has 0 aliphatic rings. The summed E-state index contributed by atoms with van der Waals surface area (Å²) in [5, 5.41) is 12.6. The van der Waals surface area contributed by atoms with Crippen LogP contribution in [0.25, 0.3) is 10.8 Å². The Morgan fingerprint density at radius 1 is 0.917 bits per heavy atom. The maximum absolute atomic E-state index is 10.3. The number of benzene rings is 2. The monoisotopic (exact) mass is 158 g/mol. The van der Waals surface area contributed by atoms with Crippen molar-refractivity contribution >= 4 is 16.5 Å². The summed E-state index contributed by atoms with van der Waals surface area (Å²) in [6, 6.07) is 13.5. The van der Waals surface area contributed by atoms with Gasteiger partial charge in [0, 0.05) is 5.69 Å². The van der Waals surface area contributed by atoms with E-state index in [-0.39, 0.29) is 0 Å².